The molecule has 1 aromatic rings. The molecule has 0 unspecified atom stereocenters. The number of nitro benzene ring substituents is 1. The van der Waals surface area contributed by atoms with E-state index < -0.39 is 22.8 Å². The molecule has 0 atom stereocenters. The molecule has 1 aliphatic heterocycles. The molecule has 0 saturated carbocycles. The minimum Gasteiger partial charge on any atom is -0.263 e. The van der Waals surface area contributed by atoms with Crippen LogP contribution in [0, 0.1) is 10.1 Å². The lowest BCUT2D eigenvalue weighted by molar-refractivity contribution is -0.385. The van der Waals surface area contributed by atoms with Crippen LogP contribution in [0.2, 0.25) is 0 Å². The van der Waals surface area contributed by atoms with Gasteiger partial charge in [-0.1, -0.05) is 6.07 Å². The Balaban J connectivity index is 2.29. The quantitative estimate of drug-likeness (QED) is 0.356. The first-order valence-electron chi connectivity index (χ1n) is 5.39. The molecule has 4 amide bonds. The van der Waals surface area contributed by atoms with Crippen molar-refractivity contribution in [3.63, 3.8) is 0 Å². The van der Waals surface area contributed by atoms with Gasteiger partial charge in [0.05, 0.1) is 15.9 Å². The van der Waals surface area contributed by atoms with Gasteiger partial charge in [-0.3, -0.25) is 29.5 Å². The van der Waals surface area contributed by atoms with E-state index in [0.29, 0.717) is 14.9 Å². The van der Waals surface area contributed by atoms with Crippen molar-refractivity contribution in [3.8, 4) is 0 Å². The molecule has 1 heterocycles. The maximum Gasteiger partial charge on any atom is 0.334 e. The van der Waals surface area contributed by atoms with Crippen LogP contribution in [-0.4, -0.2) is 39.6 Å². The zero-order valence-electron chi connectivity index (χ0n) is 10.2. The van der Waals surface area contributed by atoms with Gasteiger partial charge in [0, 0.05) is 13.1 Å². The predicted molar refractivity (Wildman–Crippen MR) is 69.5 cm³/mol. The Kier molecular flexibility index (Phi) is 3.53. The second kappa shape index (κ2) is 5.00. The van der Waals surface area contributed by atoms with Gasteiger partial charge in [-0.15, -0.1) is 0 Å². The number of carbonyl (C=O) groups excluding carboxylic acids is 3. The van der Waals surface area contributed by atoms with Gasteiger partial charge in [0.15, 0.2) is 0 Å². The van der Waals surface area contributed by atoms with Gasteiger partial charge in [0.2, 0.25) is 0 Å². The van der Waals surface area contributed by atoms with Crippen LogP contribution in [0.4, 0.5) is 10.5 Å². The number of halogens is 1. The highest BCUT2D eigenvalue weighted by molar-refractivity contribution is 9.10. The number of nitro groups is 1. The highest BCUT2D eigenvalue weighted by atomic mass is 79.9. The molecule has 0 aliphatic carbocycles. The van der Waals surface area contributed by atoms with E-state index in [1.165, 1.54) is 25.2 Å². The van der Waals surface area contributed by atoms with Crippen molar-refractivity contribution >= 4 is 39.5 Å². The van der Waals surface area contributed by atoms with Gasteiger partial charge in [0.1, 0.15) is 0 Å². The molecule has 0 spiro atoms. The van der Waals surface area contributed by atoms with Gasteiger partial charge in [-0.2, -0.15) is 0 Å². The lowest BCUT2D eigenvalue weighted by Gasteiger charge is -2.12. The van der Waals surface area contributed by atoms with Crippen LogP contribution in [0.5, 0.6) is 0 Å². The summed E-state index contributed by atoms with van der Waals surface area (Å²) in [6.45, 7) is -0.193. The van der Waals surface area contributed by atoms with Crippen molar-refractivity contribution in [1.82, 2.24) is 9.80 Å². The first kappa shape index (κ1) is 14.1. The van der Waals surface area contributed by atoms with Gasteiger partial charge in [-0.25, -0.2) is 4.79 Å². The lowest BCUT2D eigenvalue weighted by Crippen LogP contribution is -2.31. The molecule has 1 saturated heterocycles. The van der Waals surface area contributed by atoms with Crippen molar-refractivity contribution in [2.24, 2.45) is 0 Å². The molecule has 0 N–H and O–H groups in total. The van der Waals surface area contributed by atoms with Gasteiger partial charge >= 0.3 is 17.8 Å². The van der Waals surface area contributed by atoms with Crippen LogP contribution in [0.1, 0.15) is 5.56 Å². The Morgan fingerprint density at radius 1 is 1.25 bits per heavy atom. The van der Waals surface area contributed by atoms with Crippen LogP contribution < -0.4 is 0 Å². The zero-order valence-corrected chi connectivity index (χ0v) is 11.8. The third-order valence-corrected chi connectivity index (χ3v) is 3.47. The number of likely N-dealkylation sites (N-methyl/N-ethyl adjacent to an activating group) is 1. The molecule has 2 rings (SSSR count). The topological polar surface area (TPSA) is 101 Å². The molecule has 1 aliphatic rings. The van der Waals surface area contributed by atoms with Gasteiger partial charge in [0.25, 0.3) is 5.69 Å². The second-order valence-corrected chi connectivity index (χ2v) is 4.94. The zero-order chi connectivity index (χ0) is 15.0. The van der Waals surface area contributed by atoms with Crippen LogP contribution in [0.3, 0.4) is 0 Å². The number of hydrogen-bond acceptors (Lipinski definition) is 5. The fraction of sp³-hybridized carbons (Fsp3) is 0.182. The maximum absolute atomic E-state index is 11.7. The van der Waals surface area contributed by atoms with E-state index in [9.17, 15) is 24.5 Å². The first-order chi connectivity index (χ1) is 9.32. The number of hydrogen-bond donors (Lipinski definition) is 0. The molecule has 8 nitrogen and oxygen atoms in total. The normalized spacial score (nSPS) is 15.2. The van der Waals surface area contributed by atoms with Crippen LogP contribution >= 0.6 is 15.9 Å². The van der Waals surface area contributed by atoms with E-state index in [1.807, 2.05) is 0 Å². The Bertz CT molecular complexity index is 645. The van der Waals surface area contributed by atoms with Crippen molar-refractivity contribution in [2.75, 3.05) is 7.05 Å². The number of nitrogens with zero attached hydrogens (tertiary/aromatic N) is 3. The summed E-state index contributed by atoms with van der Waals surface area (Å²) in [5.74, 6) is -1.86. The number of imide groups is 2. The molecule has 0 radical (unpaired) electrons. The minimum absolute atomic E-state index is 0.179. The third kappa shape index (κ3) is 2.27. The van der Waals surface area contributed by atoms with Crippen LogP contribution in [0.25, 0.3) is 0 Å². The summed E-state index contributed by atoms with van der Waals surface area (Å²) in [4.78, 5) is 46.3. The Labute approximate surface area is 121 Å². The molecule has 1 fully saturated rings. The standard InChI is InChI=1S/C11H8BrN3O5/c1-13-9(16)10(17)14(11(13)18)5-6-2-3-7(12)8(4-6)15(19)20/h2-4H,5H2,1H3. The summed E-state index contributed by atoms with van der Waals surface area (Å²) < 4.78 is 0.290. The van der Waals surface area contributed by atoms with Crippen molar-refractivity contribution in [1.29, 1.82) is 0 Å². The highest BCUT2D eigenvalue weighted by Gasteiger charge is 2.42. The van der Waals surface area contributed by atoms with Crippen LogP contribution in [0.15, 0.2) is 22.7 Å². The highest BCUT2D eigenvalue weighted by Crippen LogP contribution is 2.26. The molecule has 1 aromatic carbocycles. The summed E-state index contributed by atoms with van der Waals surface area (Å²) in [5.41, 5.74) is 0.200. The monoisotopic (exact) mass is 341 g/mol. The van der Waals surface area contributed by atoms with E-state index in [4.69, 9.17) is 0 Å². The predicted octanol–water partition coefficient (Wildman–Crippen LogP) is 1.28. The van der Waals surface area contributed by atoms with Crippen molar-refractivity contribution in [2.45, 2.75) is 6.54 Å². The summed E-state index contributed by atoms with van der Waals surface area (Å²) >= 11 is 3.04. The average molecular weight is 342 g/mol. The second-order valence-electron chi connectivity index (χ2n) is 4.08. The number of amides is 4. The van der Waals surface area contributed by atoms with E-state index in [2.05, 4.69) is 15.9 Å². The SMILES string of the molecule is CN1C(=O)C(=O)N(Cc2ccc(Br)c([N+](=O)[O-])c2)C1=O. The Hall–Kier alpha value is -2.29. The van der Waals surface area contributed by atoms with E-state index >= 15 is 0 Å². The molecule has 9 heteroatoms. The summed E-state index contributed by atoms with van der Waals surface area (Å²) in [7, 11) is 1.20. The molecular weight excluding hydrogens is 334 g/mol. The fourth-order valence-electron chi connectivity index (χ4n) is 1.73. The average Bonchev–Trinajstić information content (AvgIpc) is 2.58. The molecule has 20 heavy (non-hydrogen) atoms. The summed E-state index contributed by atoms with van der Waals surface area (Å²) in [5, 5.41) is 10.8. The van der Waals surface area contributed by atoms with E-state index in [1.54, 1.807) is 0 Å². The fourth-order valence-corrected chi connectivity index (χ4v) is 2.12. The molecule has 104 valence electrons. The molecular formula is C11H8BrN3O5. The third-order valence-electron chi connectivity index (χ3n) is 2.80. The number of benzene rings is 1. The molecule has 0 aromatic heterocycles. The van der Waals surface area contributed by atoms with Gasteiger partial charge < -0.3 is 0 Å². The van der Waals surface area contributed by atoms with E-state index in [-0.39, 0.29) is 12.2 Å². The van der Waals surface area contributed by atoms with E-state index in [0.717, 1.165) is 4.90 Å². The van der Waals surface area contributed by atoms with Gasteiger partial charge in [-0.05, 0) is 27.6 Å². The number of carbonyl (C=O) groups is 3. The lowest BCUT2D eigenvalue weighted by atomic mass is 10.2. The number of rotatable bonds is 3. The summed E-state index contributed by atoms with van der Waals surface area (Å²) in [6, 6.07) is 3.48. The maximum atomic E-state index is 11.7. The summed E-state index contributed by atoms with van der Waals surface area (Å²) in [6.07, 6.45) is 0. The minimum atomic E-state index is -0.942. The van der Waals surface area contributed by atoms with Crippen LogP contribution in [-0.2, 0) is 16.1 Å². The Morgan fingerprint density at radius 3 is 2.40 bits per heavy atom. The van der Waals surface area contributed by atoms with Crippen molar-refractivity contribution < 1.29 is 19.3 Å². The smallest absolute Gasteiger partial charge is 0.263 e. The molecule has 0 bridgehead atoms. The largest absolute Gasteiger partial charge is 0.334 e. The number of urea groups is 1. The first-order valence-corrected chi connectivity index (χ1v) is 6.18. The van der Waals surface area contributed by atoms with Crippen molar-refractivity contribution in [3.05, 3.63) is 38.3 Å². The Morgan fingerprint density at radius 2 is 1.90 bits per heavy atom.